The molecule has 1 atom stereocenters. The summed E-state index contributed by atoms with van der Waals surface area (Å²) in [5.41, 5.74) is 1.73. The molecule has 1 aliphatic rings. The second-order valence-electron chi connectivity index (χ2n) is 4.74. The lowest BCUT2D eigenvalue weighted by molar-refractivity contribution is -0.146. The highest BCUT2D eigenvalue weighted by Crippen LogP contribution is 2.32. The van der Waals surface area contributed by atoms with E-state index in [0.29, 0.717) is 11.5 Å². The molecule has 0 heterocycles. The van der Waals surface area contributed by atoms with Crippen molar-refractivity contribution in [3.05, 3.63) is 35.4 Å². The molecule has 1 saturated carbocycles. The Hall–Kier alpha value is -1.10. The van der Waals surface area contributed by atoms with Crippen LogP contribution in [0.3, 0.4) is 0 Å². The largest absolute Gasteiger partial charge is 0.479 e. The molecular formula is C14H21ClO4. The lowest BCUT2D eigenvalue weighted by Crippen LogP contribution is -2.10. The lowest BCUT2D eigenvalue weighted by Gasteiger charge is -2.22. The second kappa shape index (κ2) is 8.15. The third-order valence-electron chi connectivity index (χ3n) is 3.56. The third-order valence-corrected chi connectivity index (χ3v) is 3.56. The number of hydrogen-bond donors (Lipinski definition) is 2. The smallest absolute Gasteiger partial charge is 0.337 e. The van der Waals surface area contributed by atoms with E-state index in [-0.39, 0.29) is 17.9 Å². The van der Waals surface area contributed by atoms with E-state index in [0.717, 1.165) is 0 Å². The maximum Gasteiger partial charge on any atom is 0.337 e. The Kier molecular flexibility index (Phi) is 7.68. The van der Waals surface area contributed by atoms with Gasteiger partial charge in [0.15, 0.2) is 6.10 Å². The molecule has 1 unspecified atom stereocenters. The number of carbonyl (C=O) groups is 1. The zero-order valence-corrected chi connectivity index (χ0v) is 11.5. The van der Waals surface area contributed by atoms with Gasteiger partial charge in [-0.05, 0) is 29.9 Å². The predicted octanol–water partition coefficient (Wildman–Crippen LogP) is 2.45. The van der Waals surface area contributed by atoms with E-state index in [1.54, 1.807) is 12.1 Å². The molecule has 2 rings (SSSR count). The van der Waals surface area contributed by atoms with Crippen molar-refractivity contribution in [2.24, 2.45) is 0 Å². The van der Waals surface area contributed by atoms with Crippen LogP contribution in [0.4, 0.5) is 0 Å². The van der Waals surface area contributed by atoms with Crippen molar-refractivity contribution < 1.29 is 20.5 Å². The van der Waals surface area contributed by atoms with Crippen LogP contribution in [0.15, 0.2) is 24.3 Å². The minimum Gasteiger partial charge on any atom is -0.479 e. The van der Waals surface area contributed by atoms with Crippen LogP contribution in [0.25, 0.3) is 0 Å². The van der Waals surface area contributed by atoms with E-state index in [1.165, 1.54) is 37.7 Å². The number of aliphatic carboxylic acids is 1. The van der Waals surface area contributed by atoms with E-state index in [2.05, 4.69) is 0 Å². The number of hydrogen-bond acceptors (Lipinski definition) is 2. The van der Waals surface area contributed by atoms with E-state index in [9.17, 15) is 9.90 Å². The quantitative estimate of drug-likeness (QED) is 0.895. The van der Waals surface area contributed by atoms with Crippen molar-refractivity contribution in [2.45, 2.75) is 44.1 Å². The fourth-order valence-electron chi connectivity index (χ4n) is 2.53. The third kappa shape index (κ3) is 4.49. The fraction of sp³-hybridized carbons (Fsp3) is 0.500. The van der Waals surface area contributed by atoms with E-state index < -0.39 is 12.1 Å². The number of aliphatic hydroxyl groups is 1. The zero-order chi connectivity index (χ0) is 12.3. The van der Waals surface area contributed by atoms with E-state index in [4.69, 9.17) is 5.11 Å². The number of carboxylic acid groups (broad SMARTS) is 1. The van der Waals surface area contributed by atoms with Crippen LogP contribution in [0.5, 0.6) is 0 Å². The molecule has 0 bridgehead atoms. The Morgan fingerprint density at radius 2 is 1.63 bits per heavy atom. The van der Waals surface area contributed by atoms with Crippen LogP contribution in [0, 0.1) is 0 Å². The van der Waals surface area contributed by atoms with Crippen molar-refractivity contribution in [1.29, 1.82) is 0 Å². The average Bonchev–Trinajstić information content (AvgIpc) is 2.39. The molecule has 4 N–H and O–H groups in total. The Labute approximate surface area is 119 Å². The first-order valence-electron chi connectivity index (χ1n) is 6.19. The van der Waals surface area contributed by atoms with Gasteiger partial charge in [-0.25, -0.2) is 4.79 Å². The van der Waals surface area contributed by atoms with Gasteiger partial charge in [-0.15, -0.1) is 12.4 Å². The van der Waals surface area contributed by atoms with Crippen molar-refractivity contribution in [3.8, 4) is 0 Å². The predicted molar refractivity (Wildman–Crippen MR) is 75.7 cm³/mol. The molecule has 1 fully saturated rings. The summed E-state index contributed by atoms with van der Waals surface area (Å²) in [4.78, 5) is 10.6. The minimum atomic E-state index is -1.41. The summed E-state index contributed by atoms with van der Waals surface area (Å²) in [5, 5.41) is 18.1. The van der Waals surface area contributed by atoms with Gasteiger partial charge in [-0.3, -0.25) is 0 Å². The molecule has 19 heavy (non-hydrogen) atoms. The number of benzene rings is 1. The second-order valence-corrected chi connectivity index (χ2v) is 4.74. The minimum absolute atomic E-state index is 0. The number of halogens is 1. The summed E-state index contributed by atoms with van der Waals surface area (Å²) in [5.74, 6) is -0.588. The maximum absolute atomic E-state index is 10.6. The van der Waals surface area contributed by atoms with Crippen molar-refractivity contribution in [2.75, 3.05) is 0 Å². The normalized spacial score (nSPS) is 16.9. The first kappa shape index (κ1) is 17.9. The Morgan fingerprint density at radius 3 is 2.11 bits per heavy atom. The fourth-order valence-corrected chi connectivity index (χ4v) is 2.53. The first-order valence-corrected chi connectivity index (χ1v) is 6.19. The Morgan fingerprint density at radius 1 is 1.11 bits per heavy atom. The van der Waals surface area contributed by atoms with Crippen LogP contribution < -0.4 is 0 Å². The molecule has 4 nitrogen and oxygen atoms in total. The average molecular weight is 289 g/mol. The summed E-state index contributed by atoms with van der Waals surface area (Å²) in [7, 11) is 0. The van der Waals surface area contributed by atoms with Crippen LogP contribution >= 0.6 is 12.4 Å². The van der Waals surface area contributed by atoms with Gasteiger partial charge in [0.2, 0.25) is 0 Å². The van der Waals surface area contributed by atoms with Gasteiger partial charge in [-0.2, -0.15) is 0 Å². The molecule has 1 aromatic carbocycles. The van der Waals surface area contributed by atoms with Gasteiger partial charge in [0.1, 0.15) is 0 Å². The monoisotopic (exact) mass is 288 g/mol. The Balaban J connectivity index is 0.00000162. The first-order chi connectivity index (χ1) is 8.18. The van der Waals surface area contributed by atoms with Gasteiger partial charge in [0.05, 0.1) is 0 Å². The molecule has 108 valence electrons. The number of carboxylic acids is 1. The lowest BCUT2D eigenvalue weighted by atomic mass is 9.84. The molecule has 1 aliphatic carbocycles. The molecular weight excluding hydrogens is 268 g/mol. The molecule has 0 amide bonds. The molecule has 0 saturated heterocycles. The van der Waals surface area contributed by atoms with Crippen LogP contribution in [0.2, 0.25) is 0 Å². The molecule has 1 aromatic rings. The summed E-state index contributed by atoms with van der Waals surface area (Å²) in [6.07, 6.45) is 4.93. The highest BCUT2D eigenvalue weighted by molar-refractivity contribution is 5.85. The molecule has 0 radical (unpaired) electrons. The van der Waals surface area contributed by atoms with Gasteiger partial charge in [0.25, 0.3) is 0 Å². The summed E-state index contributed by atoms with van der Waals surface area (Å²) in [6.45, 7) is 0. The van der Waals surface area contributed by atoms with E-state index in [1.807, 2.05) is 12.1 Å². The standard InChI is InChI=1S/C14H18O3.ClH.H2O/c15-13(14(16)17)12-8-6-11(7-9-12)10-4-2-1-3-5-10;;/h6-10,13,15H,1-5H2,(H,16,17);1H;1H2. The van der Waals surface area contributed by atoms with Crippen LogP contribution in [-0.2, 0) is 4.79 Å². The molecule has 0 aliphatic heterocycles. The van der Waals surface area contributed by atoms with Gasteiger partial charge < -0.3 is 15.7 Å². The summed E-state index contributed by atoms with van der Waals surface area (Å²) in [6, 6.07) is 7.36. The van der Waals surface area contributed by atoms with Gasteiger partial charge in [-0.1, -0.05) is 43.5 Å². The number of aliphatic hydroxyl groups excluding tert-OH is 1. The molecule has 0 aromatic heterocycles. The van der Waals surface area contributed by atoms with Crippen molar-refractivity contribution in [3.63, 3.8) is 0 Å². The molecule has 0 spiro atoms. The highest BCUT2D eigenvalue weighted by atomic mass is 35.5. The van der Waals surface area contributed by atoms with Crippen molar-refractivity contribution in [1.82, 2.24) is 0 Å². The van der Waals surface area contributed by atoms with Gasteiger partial charge in [0, 0.05) is 0 Å². The Bertz CT molecular complexity index is 385. The highest BCUT2D eigenvalue weighted by Gasteiger charge is 2.18. The number of rotatable bonds is 3. The molecule has 5 heteroatoms. The maximum atomic E-state index is 10.6. The van der Waals surface area contributed by atoms with Crippen LogP contribution in [-0.4, -0.2) is 21.7 Å². The topological polar surface area (TPSA) is 89.0 Å². The van der Waals surface area contributed by atoms with Crippen LogP contribution in [0.1, 0.15) is 55.3 Å². The van der Waals surface area contributed by atoms with Gasteiger partial charge >= 0.3 is 5.97 Å². The summed E-state index contributed by atoms with van der Waals surface area (Å²) >= 11 is 0. The summed E-state index contributed by atoms with van der Waals surface area (Å²) < 4.78 is 0. The van der Waals surface area contributed by atoms with Crippen molar-refractivity contribution >= 4 is 18.4 Å². The van der Waals surface area contributed by atoms with E-state index >= 15 is 0 Å². The zero-order valence-electron chi connectivity index (χ0n) is 10.7. The SMILES string of the molecule is Cl.O.O=C(O)C(O)c1ccc(C2CCCCC2)cc1.